The van der Waals surface area contributed by atoms with Gasteiger partial charge in [0.25, 0.3) is 0 Å². The number of carbonyl (C=O) groups excluding carboxylic acids is 1. The molecule has 0 aliphatic carbocycles. The van der Waals surface area contributed by atoms with Crippen molar-refractivity contribution in [1.29, 1.82) is 0 Å². The molecule has 22 heavy (non-hydrogen) atoms. The number of amides is 1. The monoisotopic (exact) mass is 323 g/mol. The summed E-state index contributed by atoms with van der Waals surface area (Å²) >= 11 is 0. The summed E-state index contributed by atoms with van der Waals surface area (Å²) in [5, 5.41) is 3.86. The molecule has 0 aliphatic rings. The number of hydrogen-bond acceptors (Lipinski definition) is 6. The predicted molar refractivity (Wildman–Crippen MR) is 80.4 cm³/mol. The van der Waals surface area contributed by atoms with Crippen LogP contribution in [0.5, 0.6) is 0 Å². The first kappa shape index (κ1) is 16.2. The molecule has 0 fully saturated rings. The van der Waals surface area contributed by atoms with Crippen molar-refractivity contribution >= 4 is 15.9 Å². The highest BCUT2D eigenvalue weighted by molar-refractivity contribution is 7.89. The molecule has 0 unspecified atom stereocenters. The predicted octanol–water partition coefficient (Wildman–Crippen LogP) is 1.31. The van der Waals surface area contributed by atoms with Crippen molar-refractivity contribution in [2.45, 2.75) is 26.2 Å². The fourth-order valence-corrected chi connectivity index (χ4v) is 2.36. The molecule has 7 nitrogen and oxygen atoms in total. The molecule has 2 aromatic rings. The highest BCUT2D eigenvalue weighted by Crippen LogP contribution is 2.17. The fraction of sp³-hybridized carbons (Fsp3) is 0.357. The standard InChI is InChI=1S/C14H17N3O4S/c1-3-10-4-6-11(7-5-10)14-15-13(21-16-14)9-8-12(18)17-22(2,19)20/h4-7H,3,8-9H2,1-2H3,(H,17,18). The molecule has 1 aromatic carbocycles. The van der Waals surface area contributed by atoms with E-state index < -0.39 is 15.9 Å². The number of aromatic nitrogens is 2. The van der Waals surface area contributed by atoms with Gasteiger partial charge in [0.15, 0.2) is 0 Å². The minimum atomic E-state index is -3.54. The molecule has 1 heterocycles. The first-order valence-electron chi connectivity index (χ1n) is 6.80. The number of hydrogen-bond donors (Lipinski definition) is 1. The van der Waals surface area contributed by atoms with Crippen LogP contribution in [0.3, 0.4) is 0 Å². The number of benzene rings is 1. The van der Waals surface area contributed by atoms with Gasteiger partial charge in [-0.25, -0.2) is 8.42 Å². The third kappa shape index (κ3) is 4.66. The van der Waals surface area contributed by atoms with Crippen molar-refractivity contribution in [1.82, 2.24) is 14.9 Å². The van der Waals surface area contributed by atoms with E-state index in [1.807, 2.05) is 29.0 Å². The molecule has 118 valence electrons. The van der Waals surface area contributed by atoms with Crippen LogP contribution in [0.25, 0.3) is 11.4 Å². The van der Waals surface area contributed by atoms with Gasteiger partial charge in [-0.3, -0.25) is 9.52 Å². The normalized spacial score (nSPS) is 11.4. The van der Waals surface area contributed by atoms with Crippen LogP contribution in [-0.4, -0.2) is 30.7 Å². The Morgan fingerprint density at radius 2 is 1.95 bits per heavy atom. The Labute approximate surface area is 128 Å². The van der Waals surface area contributed by atoms with Gasteiger partial charge >= 0.3 is 0 Å². The number of nitrogens with zero attached hydrogens (tertiary/aromatic N) is 2. The van der Waals surface area contributed by atoms with Crippen molar-refractivity contribution in [3.63, 3.8) is 0 Å². The SMILES string of the molecule is CCc1ccc(-c2noc(CCC(=O)NS(C)(=O)=O)n2)cc1. The summed E-state index contributed by atoms with van der Waals surface area (Å²) in [5.41, 5.74) is 2.04. The second-order valence-corrected chi connectivity index (χ2v) is 6.61. The zero-order valence-electron chi connectivity index (χ0n) is 12.4. The van der Waals surface area contributed by atoms with Crippen molar-refractivity contribution < 1.29 is 17.7 Å². The third-order valence-corrected chi connectivity index (χ3v) is 3.55. The molecule has 0 radical (unpaired) electrons. The van der Waals surface area contributed by atoms with Gasteiger partial charge in [-0.15, -0.1) is 0 Å². The van der Waals surface area contributed by atoms with Gasteiger partial charge in [-0.1, -0.05) is 36.3 Å². The molecule has 8 heteroatoms. The number of rotatable bonds is 6. The van der Waals surface area contributed by atoms with Crippen LogP contribution in [0, 0.1) is 0 Å². The van der Waals surface area contributed by atoms with E-state index >= 15 is 0 Å². The van der Waals surface area contributed by atoms with Crippen molar-refractivity contribution in [2.24, 2.45) is 0 Å². The molecular weight excluding hydrogens is 306 g/mol. The van der Waals surface area contributed by atoms with Crippen LogP contribution >= 0.6 is 0 Å². The van der Waals surface area contributed by atoms with E-state index in [4.69, 9.17) is 4.52 Å². The number of sulfonamides is 1. The molecule has 1 N–H and O–H groups in total. The van der Waals surface area contributed by atoms with Gasteiger partial charge in [0, 0.05) is 18.4 Å². The van der Waals surface area contributed by atoms with Gasteiger partial charge in [-0.05, 0) is 12.0 Å². The zero-order chi connectivity index (χ0) is 16.2. The zero-order valence-corrected chi connectivity index (χ0v) is 13.2. The Hall–Kier alpha value is -2.22. The topological polar surface area (TPSA) is 102 Å². The minimum absolute atomic E-state index is 0.0382. The van der Waals surface area contributed by atoms with Crippen LogP contribution in [0.2, 0.25) is 0 Å². The van der Waals surface area contributed by atoms with Crippen molar-refractivity contribution in [2.75, 3.05) is 6.26 Å². The lowest BCUT2D eigenvalue weighted by Gasteiger charge is -1.99. The van der Waals surface area contributed by atoms with Gasteiger partial charge in [-0.2, -0.15) is 4.98 Å². The molecule has 1 amide bonds. The fourth-order valence-electron chi connectivity index (χ4n) is 1.84. The number of nitrogens with one attached hydrogen (secondary N) is 1. The van der Waals surface area contributed by atoms with Gasteiger partial charge in [0.05, 0.1) is 6.26 Å². The van der Waals surface area contributed by atoms with Gasteiger partial charge < -0.3 is 4.52 Å². The third-order valence-electron chi connectivity index (χ3n) is 2.95. The summed E-state index contributed by atoms with van der Waals surface area (Å²) in [6.07, 6.45) is 2.02. The summed E-state index contributed by atoms with van der Waals surface area (Å²) in [6, 6.07) is 7.80. The Bertz CT molecular complexity index is 751. The molecular formula is C14H17N3O4S. The Kier molecular flexibility index (Phi) is 4.92. The lowest BCUT2D eigenvalue weighted by molar-refractivity contribution is -0.119. The quantitative estimate of drug-likeness (QED) is 0.860. The first-order valence-corrected chi connectivity index (χ1v) is 8.69. The molecule has 0 spiro atoms. The van der Waals surface area contributed by atoms with Crippen molar-refractivity contribution in [3.8, 4) is 11.4 Å². The first-order chi connectivity index (χ1) is 10.4. The summed E-state index contributed by atoms with van der Waals surface area (Å²) in [7, 11) is -3.54. The molecule has 0 saturated heterocycles. The maximum absolute atomic E-state index is 11.4. The maximum atomic E-state index is 11.4. The van der Waals surface area contributed by atoms with E-state index in [1.54, 1.807) is 0 Å². The Morgan fingerprint density at radius 3 is 2.55 bits per heavy atom. The molecule has 0 saturated carbocycles. The summed E-state index contributed by atoms with van der Waals surface area (Å²) in [5.74, 6) is 0.133. The molecule has 1 aromatic heterocycles. The van der Waals surface area contributed by atoms with E-state index in [1.165, 1.54) is 5.56 Å². The second kappa shape index (κ2) is 6.69. The Morgan fingerprint density at radius 1 is 1.27 bits per heavy atom. The van der Waals surface area contributed by atoms with Crippen LogP contribution in [0.4, 0.5) is 0 Å². The van der Waals surface area contributed by atoms with Gasteiger partial charge in [0.1, 0.15) is 0 Å². The summed E-state index contributed by atoms with van der Waals surface area (Å²) in [6.45, 7) is 2.07. The van der Waals surface area contributed by atoms with Crippen LogP contribution in [0.15, 0.2) is 28.8 Å². The van der Waals surface area contributed by atoms with Crippen LogP contribution < -0.4 is 4.72 Å². The van der Waals surface area contributed by atoms with E-state index in [0.29, 0.717) is 11.7 Å². The van der Waals surface area contributed by atoms with Gasteiger partial charge in [0.2, 0.25) is 27.6 Å². The maximum Gasteiger partial charge on any atom is 0.233 e. The molecule has 2 rings (SSSR count). The average molecular weight is 323 g/mol. The van der Waals surface area contributed by atoms with Crippen molar-refractivity contribution in [3.05, 3.63) is 35.7 Å². The van der Waals surface area contributed by atoms with E-state index in [2.05, 4.69) is 17.1 Å². The minimum Gasteiger partial charge on any atom is -0.339 e. The lowest BCUT2D eigenvalue weighted by atomic mass is 10.1. The number of aryl methyl sites for hydroxylation is 2. The highest BCUT2D eigenvalue weighted by Gasteiger charge is 2.12. The lowest BCUT2D eigenvalue weighted by Crippen LogP contribution is -2.29. The van der Waals surface area contributed by atoms with Crippen LogP contribution in [0.1, 0.15) is 24.8 Å². The second-order valence-electron chi connectivity index (χ2n) is 4.86. The highest BCUT2D eigenvalue weighted by atomic mass is 32.2. The number of carbonyl (C=O) groups is 1. The average Bonchev–Trinajstić information content (AvgIpc) is 2.92. The molecule has 0 atom stereocenters. The van der Waals surface area contributed by atoms with E-state index in [9.17, 15) is 13.2 Å². The van der Waals surface area contributed by atoms with E-state index in [0.717, 1.165) is 18.2 Å². The molecule has 0 bridgehead atoms. The van der Waals surface area contributed by atoms with Crippen LogP contribution in [-0.2, 0) is 27.7 Å². The Balaban J connectivity index is 1.97. The molecule has 0 aliphatic heterocycles. The van der Waals surface area contributed by atoms with E-state index in [-0.39, 0.29) is 12.8 Å². The smallest absolute Gasteiger partial charge is 0.233 e. The summed E-state index contributed by atoms with van der Waals surface area (Å²) in [4.78, 5) is 15.6. The summed E-state index contributed by atoms with van der Waals surface area (Å²) < 4.78 is 28.8. The largest absolute Gasteiger partial charge is 0.339 e.